The van der Waals surface area contributed by atoms with Gasteiger partial charge in [-0.2, -0.15) is 0 Å². The van der Waals surface area contributed by atoms with E-state index >= 15 is 0 Å². The molecule has 0 fully saturated rings. The van der Waals surface area contributed by atoms with Crippen molar-refractivity contribution in [3.8, 4) is 0 Å². The van der Waals surface area contributed by atoms with E-state index in [2.05, 4.69) is 22.9 Å². The van der Waals surface area contributed by atoms with Crippen LogP contribution in [-0.2, 0) is 16.5 Å². The quantitative estimate of drug-likeness (QED) is 0.360. The zero-order chi connectivity index (χ0) is 3.41. The fourth-order valence-electron chi connectivity index (χ4n) is 0. The van der Waals surface area contributed by atoms with E-state index in [4.69, 9.17) is 0 Å². The number of hydrogen-bond donors (Lipinski definition) is 0. The molecule has 0 aliphatic carbocycles. The molecule has 0 aliphatic heterocycles. The van der Waals surface area contributed by atoms with Gasteiger partial charge in [0.1, 0.15) is 16.3 Å². The van der Waals surface area contributed by atoms with E-state index in [-0.39, 0.29) is 16.5 Å². The third kappa shape index (κ3) is 11.7. The fraction of sp³-hybridized carbons (Fsp3) is 0.333. The van der Waals surface area contributed by atoms with E-state index in [1.54, 1.807) is 0 Å². The zero-order valence-corrected chi connectivity index (χ0v) is 5.03. The van der Waals surface area contributed by atoms with Crippen LogP contribution in [0.25, 0.3) is 0 Å². The minimum absolute atomic E-state index is 0. The van der Waals surface area contributed by atoms with Crippen molar-refractivity contribution in [1.29, 1.82) is 0 Å². The van der Waals surface area contributed by atoms with Crippen LogP contribution in [-0.4, -0.2) is 16.3 Å². The van der Waals surface area contributed by atoms with Crippen LogP contribution >= 0.6 is 0 Å². The van der Waals surface area contributed by atoms with Crippen molar-refractivity contribution < 1.29 is 16.5 Å². The Balaban J connectivity index is 0. The Hall–Kier alpha value is 0.766. The molecule has 0 aromatic heterocycles. The van der Waals surface area contributed by atoms with Gasteiger partial charge in [0.25, 0.3) is 0 Å². The summed E-state index contributed by atoms with van der Waals surface area (Å²) in [6.07, 6.45) is 1.84. The molecule has 0 saturated carbocycles. The molecule has 2 radical (unpaired) electrons. The molecule has 0 saturated heterocycles. The molecule has 0 amide bonds. The molecular weight excluding hydrogens is 122 g/mol. The monoisotopic (exact) mass is 126 g/mol. The molecule has 0 rings (SSSR count). The fourth-order valence-corrected chi connectivity index (χ4v) is 0. The molecule has 5 heavy (non-hydrogen) atoms. The van der Waals surface area contributed by atoms with Crippen LogP contribution in [0.4, 0.5) is 0 Å². The zero-order valence-electron chi connectivity index (χ0n) is 2.89. The Morgan fingerprint density at radius 3 is 2.00 bits per heavy atom. The maximum atomic E-state index is 3.46. The van der Waals surface area contributed by atoms with Gasteiger partial charge in [-0.15, -0.1) is 17.9 Å². The Bertz CT molecular complexity index is 20.9. The first-order valence-electron chi connectivity index (χ1n) is 1.22. The summed E-state index contributed by atoms with van der Waals surface area (Å²) < 4.78 is 0. The topological polar surface area (TPSA) is 0 Å². The van der Waals surface area contributed by atoms with Gasteiger partial charge in [-0.25, -0.2) is 0 Å². The van der Waals surface area contributed by atoms with Crippen LogP contribution in [0.2, 0.25) is 5.28 Å². The molecule has 30 valence electrons. The van der Waals surface area contributed by atoms with E-state index in [1.807, 2.05) is 6.08 Å². The first-order chi connectivity index (χ1) is 1.91. The molecule has 0 nitrogen and oxygen atoms in total. The van der Waals surface area contributed by atoms with E-state index < -0.39 is 0 Å². The van der Waals surface area contributed by atoms with Gasteiger partial charge in [0.2, 0.25) is 0 Å². The van der Waals surface area contributed by atoms with E-state index in [1.165, 1.54) is 0 Å². The summed E-state index contributed by atoms with van der Waals surface area (Å²) in [6.45, 7) is 3.46. The molecule has 0 heterocycles. The molecule has 0 aliphatic rings. The van der Waals surface area contributed by atoms with Gasteiger partial charge in [0.05, 0.1) is 0 Å². The average molecular weight is 127 g/mol. The van der Waals surface area contributed by atoms with Gasteiger partial charge in [-0.1, -0.05) is 0 Å². The average Bonchev–Trinajstić information content (AvgIpc) is 1.37. The van der Waals surface area contributed by atoms with Gasteiger partial charge >= 0.3 is 0 Å². The van der Waals surface area contributed by atoms with Crippen LogP contribution in [0.3, 0.4) is 0 Å². The van der Waals surface area contributed by atoms with Crippen molar-refractivity contribution in [1.82, 2.24) is 0 Å². The SMILES string of the molecule is C=C[CH2][Al].[Ni]. The first-order valence-corrected chi connectivity index (χ1v) is 2.04. The van der Waals surface area contributed by atoms with Crippen LogP contribution in [0, 0.1) is 0 Å². The van der Waals surface area contributed by atoms with Crippen LogP contribution in [0.15, 0.2) is 12.7 Å². The van der Waals surface area contributed by atoms with Crippen LogP contribution < -0.4 is 0 Å². The van der Waals surface area contributed by atoms with Crippen molar-refractivity contribution in [3.63, 3.8) is 0 Å². The molecule has 2 heteroatoms. The van der Waals surface area contributed by atoms with Crippen molar-refractivity contribution >= 4 is 16.3 Å². The van der Waals surface area contributed by atoms with E-state index in [0.29, 0.717) is 0 Å². The summed E-state index contributed by atoms with van der Waals surface area (Å²) in [5.41, 5.74) is 0. The van der Waals surface area contributed by atoms with Gasteiger partial charge in [-0.3, -0.25) is 0 Å². The van der Waals surface area contributed by atoms with E-state index in [0.717, 1.165) is 5.28 Å². The van der Waals surface area contributed by atoms with E-state index in [9.17, 15) is 0 Å². The molecule has 0 unspecified atom stereocenters. The van der Waals surface area contributed by atoms with Crippen molar-refractivity contribution in [2.45, 2.75) is 5.28 Å². The minimum atomic E-state index is 0. The summed E-state index contributed by atoms with van der Waals surface area (Å²) in [5.74, 6) is 0. The van der Waals surface area contributed by atoms with Crippen LogP contribution in [0.5, 0.6) is 0 Å². The summed E-state index contributed by atoms with van der Waals surface area (Å²) in [6, 6.07) is 0. The predicted molar refractivity (Wildman–Crippen MR) is 20.8 cm³/mol. The Labute approximate surface area is 51.0 Å². The van der Waals surface area contributed by atoms with Gasteiger partial charge in [-0.05, 0) is 0 Å². The Morgan fingerprint density at radius 1 is 1.80 bits per heavy atom. The second kappa shape index (κ2) is 8.84. The Kier molecular flexibility index (Phi) is 16.3. The van der Waals surface area contributed by atoms with Gasteiger partial charge in [0, 0.05) is 16.5 Å². The maximum Gasteiger partial charge on any atom is 0.124 e. The Morgan fingerprint density at radius 2 is 2.00 bits per heavy atom. The predicted octanol–water partition coefficient (Wildman–Crippen LogP) is 0.757. The van der Waals surface area contributed by atoms with Gasteiger partial charge < -0.3 is 0 Å². The summed E-state index contributed by atoms with van der Waals surface area (Å²) in [7, 11) is 0. The molecular formula is C3H5AlNi. The normalized spacial score (nSPS) is 4.80. The first kappa shape index (κ1) is 9.23. The molecule has 0 aromatic rings. The number of hydrogen-bond acceptors (Lipinski definition) is 0. The third-order valence-electron chi connectivity index (χ3n) is 0.167. The molecule has 0 atom stereocenters. The number of rotatable bonds is 1. The molecule has 0 bridgehead atoms. The summed E-state index contributed by atoms with van der Waals surface area (Å²) >= 11 is 2.54. The maximum absolute atomic E-state index is 3.46. The largest absolute Gasteiger partial charge is 0.124 e. The van der Waals surface area contributed by atoms with Crippen molar-refractivity contribution in [2.75, 3.05) is 0 Å². The second-order valence-electron chi connectivity index (χ2n) is 0.524. The smallest absolute Gasteiger partial charge is 0.107 e. The number of allylic oxidation sites excluding steroid dienone is 1. The van der Waals surface area contributed by atoms with Crippen molar-refractivity contribution in [2.24, 2.45) is 0 Å². The van der Waals surface area contributed by atoms with Gasteiger partial charge in [0.15, 0.2) is 0 Å². The second-order valence-corrected chi connectivity index (χ2v) is 0.996. The third-order valence-corrected chi connectivity index (χ3v) is 0.500. The minimum Gasteiger partial charge on any atom is -0.107 e. The standard InChI is InChI=1S/C3H5.Al.Ni/c1-3-2;;/h3H,1-2H2;;. The molecule has 0 aromatic carbocycles. The van der Waals surface area contributed by atoms with Crippen molar-refractivity contribution in [3.05, 3.63) is 12.7 Å². The molecule has 0 N–H and O–H groups in total. The molecule has 0 spiro atoms. The summed E-state index contributed by atoms with van der Waals surface area (Å²) in [5, 5.41) is 1.00. The van der Waals surface area contributed by atoms with Crippen LogP contribution in [0.1, 0.15) is 0 Å². The summed E-state index contributed by atoms with van der Waals surface area (Å²) in [4.78, 5) is 0.